The molecule has 1 aromatic rings. The summed E-state index contributed by atoms with van der Waals surface area (Å²) < 4.78 is 5.73. The molecule has 0 aliphatic carbocycles. The molecular formula is C17H29NO. The molecule has 0 saturated heterocycles. The molecule has 0 spiro atoms. The Balaban J connectivity index is 2.27. The van der Waals surface area contributed by atoms with Crippen molar-refractivity contribution in [1.82, 2.24) is 5.32 Å². The lowest BCUT2D eigenvalue weighted by atomic mass is 10.1. The monoisotopic (exact) mass is 263 g/mol. The fourth-order valence-corrected chi connectivity index (χ4v) is 1.94. The van der Waals surface area contributed by atoms with Crippen molar-refractivity contribution in [1.29, 1.82) is 0 Å². The molecule has 0 heterocycles. The Labute approximate surface area is 118 Å². The van der Waals surface area contributed by atoms with Crippen molar-refractivity contribution >= 4 is 0 Å². The molecule has 1 rings (SSSR count). The quantitative estimate of drug-likeness (QED) is 0.676. The maximum absolute atomic E-state index is 5.73. The molecule has 0 unspecified atom stereocenters. The van der Waals surface area contributed by atoms with Crippen molar-refractivity contribution in [2.45, 2.75) is 59.7 Å². The molecule has 0 amide bonds. The van der Waals surface area contributed by atoms with Crippen molar-refractivity contribution in [3.05, 3.63) is 35.4 Å². The Hall–Kier alpha value is -0.860. The Morgan fingerprint density at radius 2 is 1.84 bits per heavy atom. The van der Waals surface area contributed by atoms with E-state index in [9.17, 15) is 0 Å². The molecule has 2 nitrogen and oxygen atoms in total. The summed E-state index contributed by atoms with van der Waals surface area (Å²) >= 11 is 0. The van der Waals surface area contributed by atoms with Crippen LogP contribution in [0.2, 0.25) is 0 Å². The van der Waals surface area contributed by atoms with Crippen LogP contribution in [0, 0.1) is 5.92 Å². The van der Waals surface area contributed by atoms with Gasteiger partial charge < -0.3 is 10.1 Å². The second kappa shape index (κ2) is 9.11. The average molecular weight is 263 g/mol. The van der Waals surface area contributed by atoms with Crippen LogP contribution < -0.4 is 5.32 Å². The predicted octanol–water partition coefficient (Wildman–Crippen LogP) is 4.14. The molecular weight excluding hydrogens is 234 g/mol. The van der Waals surface area contributed by atoms with Gasteiger partial charge in [-0.05, 0) is 29.9 Å². The number of benzene rings is 1. The molecule has 0 saturated carbocycles. The molecule has 0 radical (unpaired) electrons. The smallest absolute Gasteiger partial charge is 0.0716 e. The highest BCUT2D eigenvalue weighted by Crippen LogP contribution is 2.08. The van der Waals surface area contributed by atoms with E-state index in [0.29, 0.717) is 6.04 Å². The van der Waals surface area contributed by atoms with Gasteiger partial charge in [-0.3, -0.25) is 0 Å². The summed E-state index contributed by atoms with van der Waals surface area (Å²) in [7, 11) is 0. The summed E-state index contributed by atoms with van der Waals surface area (Å²) in [5.41, 5.74) is 2.60. The summed E-state index contributed by atoms with van der Waals surface area (Å²) in [4.78, 5) is 0. The summed E-state index contributed by atoms with van der Waals surface area (Å²) in [6.45, 7) is 11.4. The maximum Gasteiger partial charge on any atom is 0.0716 e. The molecule has 1 aromatic carbocycles. The van der Waals surface area contributed by atoms with Gasteiger partial charge in [-0.1, -0.05) is 52.0 Å². The maximum atomic E-state index is 5.73. The topological polar surface area (TPSA) is 21.3 Å². The third kappa shape index (κ3) is 8.02. The van der Waals surface area contributed by atoms with Gasteiger partial charge in [-0.25, -0.2) is 0 Å². The van der Waals surface area contributed by atoms with Crippen LogP contribution in [0.15, 0.2) is 24.3 Å². The van der Waals surface area contributed by atoms with E-state index in [-0.39, 0.29) is 0 Å². The average Bonchev–Trinajstić information content (AvgIpc) is 2.36. The molecule has 0 atom stereocenters. The van der Waals surface area contributed by atoms with E-state index in [0.717, 1.165) is 32.1 Å². The van der Waals surface area contributed by atoms with E-state index in [1.165, 1.54) is 17.5 Å². The van der Waals surface area contributed by atoms with E-state index >= 15 is 0 Å². The van der Waals surface area contributed by atoms with Crippen molar-refractivity contribution in [2.24, 2.45) is 5.92 Å². The standard InChI is InChI=1S/C17H29NO/c1-14(2)7-6-10-19-13-17-9-5-8-16(11-17)12-18-15(3)4/h5,8-9,11,14-15,18H,6-7,10,12-13H2,1-4H3. The fourth-order valence-electron chi connectivity index (χ4n) is 1.94. The van der Waals surface area contributed by atoms with Crippen LogP contribution in [0.3, 0.4) is 0 Å². The Morgan fingerprint density at radius 3 is 2.53 bits per heavy atom. The highest BCUT2D eigenvalue weighted by molar-refractivity contribution is 5.22. The Morgan fingerprint density at radius 1 is 1.11 bits per heavy atom. The van der Waals surface area contributed by atoms with Crippen LogP contribution in [0.5, 0.6) is 0 Å². The highest BCUT2D eigenvalue weighted by atomic mass is 16.5. The van der Waals surface area contributed by atoms with Crippen molar-refractivity contribution in [2.75, 3.05) is 6.61 Å². The lowest BCUT2D eigenvalue weighted by Crippen LogP contribution is -2.21. The van der Waals surface area contributed by atoms with Crippen LogP contribution in [-0.4, -0.2) is 12.6 Å². The summed E-state index contributed by atoms with van der Waals surface area (Å²) in [6.07, 6.45) is 2.41. The minimum Gasteiger partial charge on any atom is -0.377 e. The zero-order valence-corrected chi connectivity index (χ0v) is 12.9. The number of ether oxygens (including phenoxy) is 1. The number of nitrogens with one attached hydrogen (secondary N) is 1. The van der Waals surface area contributed by atoms with Gasteiger partial charge in [-0.15, -0.1) is 0 Å². The van der Waals surface area contributed by atoms with Crippen LogP contribution in [0.1, 0.15) is 51.7 Å². The second-order valence-electron chi connectivity index (χ2n) is 5.94. The van der Waals surface area contributed by atoms with Gasteiger partial charge in [0.2, 0.25) is 0 Å². The Bertz CT molecular complexity index is 347. The molecule has 0 fully saturated rings. The largest absolute Gasteiger partial charge is 0.377 e. The third-order valence-electron chi connectivity index (χ3n) is 3.04. The van der Waals surface area contributed by atoms with Crippen molar-refractivity contribution in [3.63, 3.8) is 0 Å². The lowest BCUT2D eigenvalue weighted by Gasteiger charge is -2.10. The normalized spacial score (nSPS) is 11.5. The van der Waals surface area contributed by atoms with Gasteiger partial charge in [0.25, 0.3) is 0 Å². The van der Waals surface area contributed by atoms with Gasteiger partial charge in [-0.2, -0.15) is 0 Å². The zero-order chi connectivity index (χ0) is 14.1. The predicted molar refractivity (Wildman–Crippen MR) is 82.1 cm³/mol. The molecule has 0 bridgehead atoms. The van der Waals surface area contributed by atoms with E-state index < -0.39 is 0 Å². The molecule has 0 aliphatic heterocycles. The second-order valence-corrected chi connectivity index (χ2v) is 5.94. The summed E-state index contributed by atoms with van der Waals surface area (Å²) in [6, 6.07) is 9.18. The molecule has 0 aromatic heterocycles. The van der Waals surface area contributed by atoms with Gasteiger partial charge in [0.15, 0.2) is 0 Å². The first-order valence-corrected chi connectivity index (χ1v) is 7.47. The van der Waals surface area contributed by atoms with Crippen molar-refractivity contribution < 1.29 is 4.74 Å². The SMILES string of the molecule is CC(C)CCCOCc1cccc(CNC(C)C)c1. The van der Waals surface area contributed by atoms with E-state index in [2.05, 4.69) is 57.3 Å². The number of hydrogen-bond acceptors (Lipinski definition) is 2. The van der Waals surface area contributed by atoms with Crippen LogP contribution >= 0.6 is 0 Å². The summed E-state index contributed by atoms with van der Waals surface area (Å²) in [5.74, 6) is 0.772. The first kappa shape index (κ1) is 16.2. The van der Waals surface area contributed by atoms with Gasteiger partial charge in [0.1, 0.15) is 0 Å². The zero-order valence-electron chi connectivity index (χ0n) is 12.9. The summed E-state index contributed by atoms with van der Waals surface area (Å²) in [5, 5.41) is 3.44. The molecule has 108 valence electrons. The molecule has 2 heteroatoms. The minimum absolute atomic E-state index is 0.524. The van der Waals surface area contributed by atoms with E-state index in [4.69, 9.17) is 4.74 Å². The third-order valence-corrected chi connectivity index (χ3v) is 3.04. The Kier molecular flexibility index (Phi) is 7.76. The molecule has 1 N–H and O–H groups in total. The van der Waals surface area contributed by atoms with E-state index in [1.807, 2.05) is 0 Å². The first-order chi connectivity index (χ1) is 9.08. The lowest BCUT2D eigenvalue weighted by molar-refractivity contribution is 0.115. The van der Waals surface area contributed by atoms with Crippen LogP contribution in [0.4, 0.5) is 0 Å². The number of rotatable bonds is 9. The van der Waals surface area contributed by atoms with E-state index in [1.54, 1.807) is 0 Å². The first-order valence-electron chi connectivity index (χ1n) is 7.47. The van der Waals surface area contributed by atoms with Gasteiger partial charge in [0.05, 0.1) is 6.61 Å². The van der Waals surface area contributed by atoms with Crippen LogP contribution in [-0.2, 0) is 17.9 Å². The minimum atomic E-state index is 0.524. The van der Waals surface area contributed by atoms with Crippen LogP contribution in [0.25, 0.3) is 0 Å². The van der Waals surface area contributed by atoms with Crippen molar-refractivity contribution in [3.8, 4) is 0 Å². The molecule has 0 aliphatic rings. The fraction of sp³-hybridized carbons (Fsp3) is 0.647. The number of hydrogen-bond donors (Lipinski definition) is 1. The van der Waals surface area contributed by atoms with Gasteiger partial charge in [0, 0.05) is 19.2 Å². The van der Waals surface area contributed by atoms with Gasteiger partial charge >= 0.3 is 0 Å². The highest BCUT2D eigenvalue weighted by Gasteiger charge is 1.99. The molecule has 19 heavy (non-hydrogen) atoms.